The van der Waals surface area contributed by atoms with Gasteiger partial charge in [-0.05, 0) is 19.1 Å². The number of benzene rings is 1. The highest BCUT2D eigenvalue weighted by molar-refractivity contribution is 5.93. The van der Waals surface area contributed by atoms with Gasteiger partial charge in [-0.15, -0.1) is 0 Å². The van der Waals surface area contributed by atoms with Crippen LogP contribution in [0.4, 0.5) is 0 Å². The normalized spacial score (nSPS) is 20.1. The van der Waals surface area contributed by atoms with Gasteiger partial charge in [0.05, 0.1) is 6.54 Å². The molecule has 1 amide bonds. The Morgan fingerprint density at radius 3 is 2.94 bits per heavy atom. The Labute approximate surface area is 94.7 Å². The molecule has 1 aromatic carbocycles. The first kappa shape index (κ1) is 11.1. The summed E-state index contributed by atoms with van der Waals surface area (Å²) >= 11 is 0. The summed E-state index contributed by atoms with van der Waals surface area (Å²) in [4.78, 5) is 17.3. The zero-order valence-electron chi connectivity index (χ0n) is 9.26. The molecule has 0 spiro atoms. The molecule has 16 heavy (non-hydrogen) atoms. The van der Waals surface area contributed by atoms with Gasteiger partial charge in [0, 0.05) is 18.6 Å². The minimum Gasteiger partial charge on any atom is -0.350 e. The molecule has 4 heteroatoms. The first-order valence-corrected chi connectivity index (χ1v) is 5.46. The third-order valence-corrected chi connectivity index (χ3v) is 2.41. The van der Waals surface area contributed by atoms with Gasteiger partial charge in [-0.3, -0.25) is 4.79 Å². The Balaban J connectivity index is 1.97. The molecule has 0 unspecified atom stereocenters. The van der Waals surface area contributed by atoms with Gasteiger partial charge in [0.1, 0.15) is 0 Å². The smallest absolute Gasteiger partial charge is 0.277 e. The molecule has 0 N–H and O–H groups in total. The van der Waals surface area contributed by atoms with Gasteiger partial charge in [0.25, 0.3) is 5.91 Å². The van der Waals surface area contributed by atoms with Crippen LogP contribution in [0, 0.1) is 0 Å². The molecule has 0 aromatic heterocycles. The molecule has 0 aliphatic carbocycles. The van der Waals surface area contributed by atoms with E-state index in [-0.39, 0.29) is 12.2 Å². The molecule has 0 bridgehead atoms. The van der Waals surface area contributed by atoms with Gasteiger partial charge in [0.2, 0.25) is 0 Å². The summed E-state index contributed by atoms with van der Waals surface area (Å²) in [5.41, 5.74) is 0.639. The highest BCUT2D eigenvalue weighted by Crippen LogP contribution is 2.17. The van der Waals surface area contributed by atoms with Gasteiger partial charge < -0.3 is 4.74 Å². The number of amides is 1. The summed E-state index contributed by atoms with van der Waals surface area (Å²) in [6.45, 7) is 3.08. The maximum Gasteiger partial charge on any atom is 0.277 e. The summed E-state index contributed by atoms with van der Waals surface area (Å²) in [6, 6.07) is 9.11. The third kappa shape index (κ3) is 2.40. The van der Waals surface area contributed by atoms with Crippen molar-refractivity contribution in [2.24, 2.45) is 0 Å². The number of ether oxygens (including phenoxy) is 1. The molecule has 1 aromatic rings. The van der Waals surface area contributed by atoms with Crippen LogP contribution >= 0.6 is 0 Å². The lowest BCUT2D eigenvalue weighted by molar-refractivity contribution is -0.207. The molecule has 1 aliphatic heterocycles. The van der Waals surface area contributed by atoms with Crippen molar-refractivity contribution in [3.8, 4) is 0 Å². The highest BCUT2D eigenvalue weighted by atomic mass is 16.8. The summed E-state index contributed by atoms with van der Waals surface area (Å²) < 4.78 is 5.30. The van der Waals surface area contributed by atoms with Crippen LogP contribution in [-0.2, 0) is 9.57 Å². The van der Waals surface area contributed by atoms with Crippen LogP contribution in [0.2, 0.25) is 0 Å². The van der Waals surface area contributed by atoms with Crippen molar-refractivity contribution in [3.63, 3.8) is 0 Å². The third-order valence-electron chi connectivity index (χ3n) is 2.41. The second-order valence-electron chi connectivity index (χ2n) is 3.55. The van der Waals surface area contributed by atoms with Gasteiger partial charge in [-0.2, -0.15) is 0 Å². The van der Waals surface area contributed by atoms with Crippen molar-refractivity contribution < 1.29 is 14.4 Å². The largest absolute Gasteiger partial charge is 0.350 e. The minimum atomic E-state index is -0.280. The zero-order chi connectivity index (χ0) is 11.4. The molecular formula is C12H15NO3. The molecule has 1 fully saturated rings. The molecule has 1 atom stereocenters. The number of rotatable bonds is 3. The average molecular weight is 221 g/mol. The van der Waals surface area contributed by atoms with Crippen LogP contribution < -0.4 is 0 Å². The van der Waals surface area contributed by atoms with Crippen LogP contribution in [0.25, 0.3) is 0 Å². The SMILES string of the molecule is CCO[C@H]1CCN(C(=O)c2ccccc2)O1. The predicted octanol–water partition coefficient (Wildman–Crippen LogP) is 1.83. The predicted molar refractivity (Wildman–Crippen MR) is 58.6 cm³/mol. The second-order valence-corrected chi connectivity index (χ2v) is 3.55. The van der Waals surface area contributed by atoms with Crippen LogP contribution in [0.3, 0.4) is 0 Å². The van der Waals surface area contributed by atoms with Gasteiger partial charge >= 0.3 is 0 Å². The first-order chi connectivity index (χ1) is 7.81. The fourth-order valence-corrected chi connectivity index (χ4v) is 1.64. The Bertz CT molecular complexity index is 353. The summed E-state index contributed by atoms with van der Waals surface area (Å²) in [6.07, 6.45) is 0.449. The Kier molecular flexibility index (Phi) is 3.54. The Morgan fingerprint density at radius 2 is 2.25 bits per heavy atom. The van der Waals surface area contributed by atoms with E-state index >= 15 is 0 Å². The summed E-state index contributed by atoms with van der Waals surface area (Å²) in [7, 11) is 0. The van der Waals surface area contributed by atoms with Crippen molar-refractivity contribution in [3.05, 3.63) is 35.9 Å². The summed E-state index contributed by atoms with van der Waals surface area (Å²) in [5.74, 6) is -0.109. The molecule has 1 saturated heterocycles. The van der Waals surface area contributed by atoms with Crippen molar-refractivity contribution in [1.82, 2.24) is 5.06 Å². The van der Waals surface area contributed by atoms with Crippen molar-refractivity contribution in [2.75, 3.05) is 13.2 Å². The second kappa shape index (κ2) is 5.09. The lowest BCUT2D eigenvalue weighted by atomic mass is 10.2. The highest BCUT2D eigenvalue weighted by Gasteiger charge is 2.28. The van der Waals surface area contributed by atoms with Gasteiger partial charge in [0.15, 0.2) is 6.29 Å². The lowest BCUT2D eigenvalue weighted by Gasteiger charge is -2.15. The van der Waals surface area contributed by atoms with E-state index in [0.29, 0.717) is 18.7 Å². The average Bonchev–Trinajstić information content (AvgIpc) is 2.78. The molecule has 0 radical (unpaired) electrons. The van der Waals surface area contributed by atoms with E-state index in [9.17, 15) is 4.79 Å². The van der Waals surface area contributed by atoms with Gasteiger partial charge in [-0.1, -0.05) is 18.2 Å². The van der Waals surface area contributed by atoms with E-state index in [0.717, 1.165) is 6.42 Å². The van der Waals surface area contributed by atoms with E-state index in [1.807, 2.05) is 25.1 Å². The molecule has 2 rings (SSSR count). The Hall–Kier alpha value is -1.39. The van der Waals surface area contributed by atoms with Gasteiger partial charge in [-0.25, -0.2) is 9.90 Å². The molecule has 86 valence electrons. The number of carbonyl (C=O) groups excluding carboxylic acids is 1. The van der Waals surface area contributed by atoms with Crippen LogP contribution in [-0.4, -0.2) is 30.4 Å². The number of nitrogens with zero attached hydrogens (tertiary/aromatic N) is 1. The first-order valence-electron chi connectivity index (χ1n) is 5.46. The number of hydroxylamine groups is 2. The molecule has 0 saturated carbocycles. The number of carbonyl (C=O) groups is 1. The fraction of sp³-hybridized carbons (Fsp3) is 0.417. The van der Waals surface area contributed by atoms with E-state index < -0.39 is 0 Å². The number of hydrogen-bond donors (Lipinski definition) is 0. The standard InChI is InChI=1S/C12H15NO3/c1-2-15-11-8-9-13(16-11)12(14)10-6-4-3-5-7-10/h3-7,11H,2,8-9H2,1H3/t11-/m1/s1. The number of hydrogen-bond acceptors (Lipinski definition) is 3. The minimum absolute atomic E-state index is 0.109. The van der Waals surface area contributed by atoms with E-state index in [2.05, 4.69) is 0 Å². The maximum atomic E-state index is 11.9. The maximum absolute atomic E-state index is 11.9. The van der Waals surface area contributed by atoms with E-state index in [1.165, 1.54) is 5.06 Å². The Morgan fingerprint density at radius 1 is 1.50 bits per heavy atom. The quantitative estimate of drug-likeness (QED) is 0.781. The van der Waals surface area contributed by atoms with E-state index in [1.54, 1.807) is 12.1 Å². The monoisotopic (exact) mass is 221 g/mol. The van der Waals surface area contributed by atoms with Crippen LogP contribution in [0.1, 0.15) is 23.7 Å². The molecule has 1 aliphatic rings. The van der Waals surface area contributed by atoms with E-state index in [4.69, 9.17) is 9.57 Å². The molecule has 4 nitrogen and oxygen atoms in total. The van der Waals surface area contributed by atoms with Crippen LogP contribution in [0.5, 0.6) is 0 Å². The van der Waals surface area contributed by atoms with Crippen LogP contribution in [0.15, 0.2) is 30.3 Å². The summed E-state index contributed by atoms with van der Waals surface area (Å²) in [5, 5.41) is 1.37. The fourth-order valence-electron chi connectivity index (χ4n) is 1.64. The lowest BCUT2D eigenvalue weighted by Crippen LogP contribution is -2.28. The molecule has 1 heterocycles. The van der Waals surface area contributed by atoms with Crippen molar-refractivity contribution >= 4 is 5.91 Å². The van der Waals surface area contributed by atoms with Crippen molar-refractivity contribution in [1.29, 1.82) is 0 Å². The molecular weight excluding hydrogens is 206 g/mol. The topological polar surface area (TPSA) is 38.8 Å². The zero-order valence-corrected chi connectivity index (χ0v) is 9.26. The van der Waals surface area contributed by atoms with Crippen molar-refractivity contribution in [2.45, 2.75) is 19.6 Å².